The summed E-state index contributed by atoms with van der Waals surface area (Å²) in [6, 6.07) is 29.5. The van der Waals surface area contributed by atoms with Crippen molar-refractivity contribution in [3.05, 3.63) is 136 Å². The Labute approximate surface area is 251 Å². The summed E-state index contributed by atoms with van der Waals surface area (Å²) in [5.41, 5.74) is 3.09. The molecule has 1 amide bonds. The first-order valence-electron chi connectivity index (χ1n) is 13.8. The molecule has 0 fully saturated rings. The van der Waals surface area contributed by atoms with Gasteiger partial charge < -0.3 is 19.5 Å². The molecule has 4 aromatic carbocycles. The topological polar surface area (TPSA) is 102 Å². The number of carbonyl (C=O) groups is 2. The quantitative estimate of drug-likeness (QED) is 0.152. The van der Waals surface area contributed by atoms with E-state index in [2.05, 4.69) is 16.2 Å². The summed E-state index contributed by atoms with van der Waals surface area (Å²) in [5.74, 6) is -0.395. The number of benzene rings is 4. The zero-order valence-electron chi connectivity index (χ0n) is 23.9. The molecule has 0 unspecified atom stereocenters. The monoisotopic (exact) mass is 573 g/mol. The van der Waals surface area contributed by atoms with E-state index in [1.165, 1.54) is 6.07 Å². The van der Waals surface area contributed by atoms with Crippen LogP contribution in [0.2, 0.25) is 0 Å². The van der Waals surface area contributed by atoms with Crippen LogP contribution in [0.1, 0.15) is 46.5 Å². The van der Waals surface area contributed by atoms with E-state index >= 15 is 0 Å². The number of nitriles is 1. The summed E-state index contributed by atoms with van der Waals surface area (Å²) in [6.07, 6.45) is -0.0746. The van der Waals surface area contributed by atoms with Crippen LogP contribution in [0.4, 0.5) is 5.69 Å². The molecule has 0 aliphatic carbocycles. The van der Waals surface area contributed by atoms with Crippen molar-refractivity contribution in [3.63, 3.8) is 0 Å². The maximum Gasteiger partial charge on any atom is 0.329 e. The van der Waals surface area contributed by atoms with Gasteiger partial charge in [0.05, 0.1) is 18.2 Å². The summed E-state index contributed by atoms with van der Waals surface area (Å²) in [5, 5.41) is 12.5. The van der Waals surface area contributed by atoms with Gasteiger partial charge in [-0.2, -0.15) is 5.26 Å². The molecule has 4 rings (SSSR count). The van der Waals surface area contributed by atoms with Crippen molar-refractivity contribution in [2.24, 2.45) is 0 Å². The van der Waals surface area contributed by atoms with Crippen molar-refractivity contribution in [3.8, 4) is 17.6 Å². The summed E-state index contributed by atoms with van der Waals surface area (Å²) in [6.45, 7) is 11.5. The molecule has 0 aliphatic heterocycles. The van der Waals surface area contributed by atoms with E-state index < -0.39 is 17.9 Å². The van der Waals surface area contributed by atoms with E-state index in [4.69, 9.17) is 20.8 Å². The van der Waals surface area contributed by atoms with Crippen LogP contribution in [0.25, 0.3) is 4.85 Å². The smallest absolute Gasteiger partial charge is 0.329 e. The normalized spacial score (nSPS) is 11.1. The lowest BCUT2D eigenvalue weighted by Crippen LogP contribution is -2.43. The second kappa shape index (κ2) is 14.9. The maximum atomic E-state index is 13.3. The first-order valence-corrected chi connectivity index (χ1v) is 13.8. The zero-order valence-corrected chi connectivity index (χ0v) is 23.9. The predicted octanol–water partition coefficient (Wildman–Crippen LogP) is 6.56. The highest BCUT2D eigenvalue weighted by Crippen LogP contribution is 2.30. The molecular weight excluding hydrogens is 542 g/mol. The van der Waals surface area contributed by atoms with Crippen LogP contribution < -0.4 is 14.8 Å². The molecule has 0 aliphatic rings. The standard InChI is InChI=1S/C35H31N3O5/c1-24(2)43-33-17-15-28(20-30(33)37-3)34(39)38-31(35(40)42-23-26-12-8-5-9-13-26)19-27-14-16-32(29(18-27)21-36)41-22-25-10-6-4-7-11-25/h4-18,20,24,31H,19,22-23H2,1-2H3,(H,38,39)/t31-/m0/s1. The van der Waals surface area contributed by atoms with Crippen LogP contribution in [-0.2, 0) is 29.2 Å². The number of amides is 1. The molecule has 1 atom stereocenters. The van der Waals surface area contributed by atoms with Crippen molar-refractivity contribution in [1.29, 1.82) is 5.26 Å². The summed E-state index contributed by atoms with van der Waals surface area (Å²) in [4.78, 5) is 30.0. The van der Waals surface area contributed by atoms with Crippen LogP contribution >= 0.6 is 0 Å². The molecular formula is C35H31N3O5. The van der Waals surface area contributed by atoms with Gasteiger partial charge in [0.15, 0.2) is 0 Å². The molecule has 4 aromatic rings. The molecule has 0 aromatic heterocycles. The van der Waals surface area contributed by atoms with Crippen molar-refractivity contribution < 1.29 is 23.8 Å². The van der Waals surface area contributed by atoms with E-state index in [1.807, 2.05) is 74.5 Å². The van der Waals surface area contributed by atoms with E-state index in [0.717, 1.165) is 11.1 Å². The number of nitrogens with one attached hydrogen (secondary N) is 1. The fourth-order valence-corrected chi connectivity index (χ4v) is 4.25. The summed E-state index contributed by atoms with van der Waals surface area (Å²) >= 11 is 0. The largest absolute Gasteiger partial charge is 0.502 e. The Morgan fingerprint density at radius 2 is 1.51 bits per heavy atom. The van der Waals surface area contributed by atoms with Crippen molar-refractivity contribution in [1.82, 2.24) is 5.32 Å². The Hall–Kier alpha value is -5.60. The average molecular weight is 574 g/mol. The second-order valence-corrected chi connectivity index (χ2v) is 10.0. The number of carbonyl (C=O) groups excluding carboxylic acids is 2. The van der Waals surface area contributed by atoms with Gasteiger partial charge in [-0.05, 0) is 60.9 Å². The van der Waals surface area contributed by atoms with Crippen molar-refractivity contribution >= 4 is 17.6 Å². The summed E-state index contributed by atoms with van der Waals surface area (Å²) < 4.78 is 17.1. The van der Waals surface area contributed by atoms with Crippen LogP contribution in [-0.4, -0.2) is 24.0 Å². The Morgan fingerprint density at radius 1 is 0.860 bits per heavy atom. The highest BCUT2D eigenvalue weighted by atomic mass is 16.5. The van der Waals surface area contributed by atoms with Gasteiger partial charge in [-0.15, -0.1) is 0 Å². The Kier molecular flexibility index (Phi) is 10.5. The molecule has 0 spiro atoms. The highest BCUT2D eigenvalue weighted by molar-refractivity contribution is 5.98. The molecule has 0 heterocycles. The highest BCUT2D eigenvalue weighted by Gasteiger charge is 2.25. The number of esters is 1. The number of nitrogens with zero attached hydrogens (tertiary/aromatic N) is 2. The van der Waals surface area contributed by atoms with E-state index in [0.29, 0.717) is 29.2 Å². The predicted molar refractivity (Wildman–Crippen MR) is 162 cm³/mol. The Balaban J connectivity index is 1.53. The van der Waals surface area contributed by atoms with Crippen molar-refractivity contribution in [2.75, 3.05) is 0 Å². The van der Waals surface area contributed by atoms with Crippen molar-refractivity contribution in [2.45, 2.75) is 45.6 Å². The van der Waals surface area contributed by atoms with Gasteiger partial charge in [-0.1, -0.05) is 66.7 Å². The number of hydrogen-bond donors (Lipinski definition) is 1. The third-order valence-corrected chi connectivity index (χ3v) is 6.36. The van der Waals surface area contributed by atoms with Gasteiger partial charge in [0.1, 0.15) is 36.8 Å². The minimum atomic E-state index is -1.07. The molecule has 0 saturated heterocycles. The Bertz CT molecular complexity index is 1640. The van der Waals surface area contributed by atoms with Crippen LogP contribution in [0, 0.1) is 17.9 Å². The molecule has 8 heteroatoms. The fourth-order valence-electron chi connectivity index (χ4n) is 4.25. The van der Waals surface area contributed by atoms with Gasteiger partial charge >= 0.3 is 5.97 Å². The summed E-state index contributed by atoms with van der Waals surface area (Å²) in [7, 11) is 0. The molecule has 1 N–H and O–H groups in total. The maximum absolute atomic E-state index is 13.3. The second-order valence-electron chi connectivity index (χ2n) is 10.0. The Morgan fingerprint density at radius 3 is 2.14 bits per heavy atom. The molecule has 0 bridgehead atoms. The number of rotatable bonds is 12. The average Bonchev–Trinajstić information content (AvgIpc) is 3.03. The molecule has 0 saturated carbocycles. The lowest BCUT2D eigenvalue weighted by atomic mass is 10.0. The third-order valence-electron chi connectivity index (χ3n) is 6.36. The number of hydrogen-bond acceptors (Lipinski definition) is 6. The number of ether oxygens (including phenoxy) is 3. The lowest BCUT2D eigenvalue weighted by molar-refractivity contribution is -0.147. The van der Waals surface area contributed by atoms with Gasteiger partial charge in [0.2, 0.25) is 5.69 Å². The van der Waals surface area contributed by atoms with Gasteiger partial charge in [-0.3, -0.25) is 4.79 Å². The van der Waals surface area contributed by atoms with Crippen LogP contribution in [0.15, 0.2) is 97.1 Å². The van der Waals surface area contributed by atoms with Gasteiger partial charge in [0, 0.05) is 12.0 Å². The zero-order chi connectivity index (χ0) is 30.6. The van der Waals surface area contributed by atoms with Gasteiger partial charge in [-0.25, -0.2) is 9.64 Å². The first-order chi connectivity index (χ1) is 20.9. The molecule has 216 valence electrons. The van der Waals surface area contributed by atoms with Crippen LogP contribution in [0.5, 0.6) is 11.5 Å². The third kappa shape index (κ3) is 8.69. The lowest BCUT2D eigenvalue weighted by Gasteiger charge is -2.19. The minimum absolute atomic E-state index is 0.0326. The SMILES string of the molecule is [C-]#[N+]c1cc(C(=O)N[C@@H](Cc2ccc(OCc3ccccc3)c(C#N)c2)C(=O)OCc2ccccc2)ccc1OC(C)C. The minimum Gasteiger partial charge on any atom is -0.502 e. The molecule has 0 radical (unpaired) electrons. The van der Waals surface area contributed by atoms with Gasteiger partial charge in [0.25, 0.3) is 5.91 Å². The van der Waals surface area contributed by atoms with E-state index in [9.17, 15) is 14.9 Å². The van der Waals surface area contributed by atoms with E-state index in [1.54, 1.807) is 30.3 Å². The van der Waals surface area contributed by atoms with Crippen LogP contribution in [0.3, 0.4) is 0 Å². The molecule has 43 heavy (non-hydrogen) atoms. The van der Waals surface area contributed by atoms with E-state index in [-0.39, 0.29) is 30.4 Å². The molecule has 8 nitrogen and oxygen atoms in total. The first kappa shape index (κ1) is 30.4. The fraction of sp³-hybridized carbons (Fsp3) is 0.200.